The van der Waals surface area contributed by atoms with Crippen LogP contribution < -0.4 is 4.74 Å². The Morgan fingerprint density at radius 1 is 1.29 bits per heavy atom. The zero-order valence-corrected chi connectivity index (χ0v) is 12.5. The lowest BCUT2D eigenvalue weighted by atomic mass is 9.48. The van der Waals surface area contributed by atoms with Gasteiger partial charge in [0.2, 0.25) is 0 Å². The molecule has 0 radical (unpaired) electrons. The largest absolute Gasteiger partial charge is 0.504 e. The van der Waals surface area contributed by atoms with Gasteiger partial charge in [-0.25, -0.2) is 0 Å². The molecule has 3 aliphatic carbocycles. The number of hydrogen-bond acceptors (Lipinski definition) is 3. The van der Waals surface area contributed by atoms with Crippen molar-refractivity contribution >= 4 is 0 Å². The normalized spacial score (nSPS) is 42.3. The summed E-state index contributed by atoms with van der Waals surface area (Å²) in [5.41, 5.74) is 2.88. The Morgan fingerprint density at radius 2 is 2.19 bits per heavy atom. The van der Waals surface area contributed by atoms with Gasteiger partial charge in [0.15, 0.2) is 11.5 Å². The summed E-state index contributed by atoms with van der Waals surface area (Å²) in [6, 6.07) is 3.95. The SMILES string of the molecule is COC1CCC2[C@@H]3CCC[C@@]24c2c(ccc(O)c2O[C@@H]14)C3. The van der Waals surface area contributed by atoms with E-state index in [1.54, 1.807) is 7.11 Å². The second kappa shape index (κ2) is 3.95. The van der Waals surface area contributed by atoms with Gasteiger partial charge in [0.1, 0.15) is 6.10 Å². The van der Waals surface area contributed by atoms with Gasteiger partial charge >= 0.3 is 0 Å². The predicted molar refractivity (Wildman–Crippen MR) is 78.8 cm³/mol. The predicted octanol–water partition coefficient (Wildman–Crippen LogP) is 3.17. The third-order valence-corrected chi connectivity index (χ3v) is 6.72. The highest BCUT2D eigenvalue weighted by atomic mass is 16.5. The van der Waals surface area contributed by atoms with Gasteiger partial charge in [0, 0.05) is 18.1 Å². The minimum Gasteiger partial charge on any atom is -0.504 e. The van der Waals surface area contributed by atoms with Crippen molar-refractivity contribution in [2.75, 3.05) is 7.11 Å². The van der Waals surface area contributed by atoms with Crippen molar-refractivity contribution in [1.29, 1.82) is 0 Å². The Bertz CT molecular complexity index is 611. The molecular weight excluding hydrogens is 264 g/mol. The van der Waals surface area contributed by atoms with Gasteiger partial charge in [-0.1, -0.05) is 12.5 Å². The van der Waals surface area contributed by atoms with E-state index in [0.717, 1.165) is 24.0 Å². The maximum absolute atomic E-state index is 10.3. The smallest absolute Gasteiger partial charge is 0.165 e. The minimum absolute atomic E-state index is 0.103. The lowest BCUT2D eigenvalue weighted by Crippen LogP contribution is -2.60. The molecule has 0 saturated heterocycles. The summed E-state index contributed by atoms with van der Waals surface area (Å²) in [4.78, 5) is 0. The lowest BCUT2D eigenvalue weighted by Gasteiger charge is -2.56. The van der Waals surface area contributed by atoms with Crippen LogP contribution in [0.2, 0.25) is 0 Å². The molecule has 1 aromatic rings. The van der Waals surface area contributed by atoms with Gasteiger partial charge in [0.05, 0.1) is 6.10 Å². The van der Waals surface area contributed by atoms with Crippen LogP contribution in [0.25, 0.3) is 0 Å². The van der Waals surface area contributed by atoms with Crippen LogP contribution in [-0.4, -0.2) is 24.4 Å². The zero-order valence-electron chi connectivity index (χ0n) is 12.5. The van der Waals surface area contributed by atoms with Crippen molar-refractivity contribution in [3.8, 4) is 11.5 Å². The van der Waals surface area contributed by atoms with Crippen molar-refractivity contribution in [2.24, 2.45) is 11.8 Å². The van der Waals surface area contributed by atoms with Crippen LogP contribution in [0.1, 0.15) is 43.2 Å². The van der Waals surface area contributed by atoms with E-state index < -0.39 is 0 Å². The van der Waals surface area contributed by atoms with Gasteiger partial charge in [-0.2, -0.15) is 0 Å². The van der Waals surface area contributed by atoms with Crippen LogP contribution in [0.15, 0.2) is 12.1 Å². The first-order valence-electron chi connectivity index (χ1n) is 8.30. The fourth-order valence-electron chi connectivity index (χ4n) is 6.08. The molecule has 21 heavy (non-hydrogen) atoms. The molecule has 0 amide bonds. The van der Waals surface area contributed by atoms with Crippen LogP contribution >= 0.6 is 0 Å². The van der Waals surface area contributed by atoms with E-state index in [2.05, 4.69) is 6.07 Å². The molecule has 112 valence electrons. The second-order valence-electron chi connectivity index (χ2n) is 7.34. The van der Waals surface area contributed by atoms with Gasteiger partial charge in [-0.3, -0.25) is 0 Å². The van der Waals surface area contributed by atoms with Gasteiger partial charge < -0.3 is 14.6 Å². The number of phenolic OH excluding ortho intramolecular Hbond substituents is 1. The first-order chi connectivity index (χ1) is 10.3. The Labute approximate surface area is 125 Å². The molecule has 2 saturated carbocycles. The van der Waals surface area contributed by atoms with E-state index in [4.69, 9.17) is 9.47 Å². The Hall–Kier alpha value is -1.22. The number of phenols is 1. The van der Waals surface area contributed by atoms with Crippen molar-refractivity contribution in [2.45, 2.75) is 56.1 Å². The first-order valence-corrected chi connectivity index (χ1v) is 8.30. The summed E-state index contributed by atoms with van der Waals surface area (Å²) in [5.74, 6) is 2.60. The number of benzene rings is 1. The molecule has 1 heterocycles. The highest BCUT2D eigenvalue weighted by Gasteiger charge is 2.64. The number of rotatable bonds is 1. The fraction of sp³-hybridized carbons (Fsp3) is 0.667. The summed E-state index contributed by atoms with van der Waals surface area (Å²) in [7, 11) is 1.80. The van der Waals surface area contributed by atoms with Crippen LogP contribution in [0, 0.1) is 11.8 Å². The van der Waals surface area contributed by atoms with Gasteiger partial charge in [-0.05, 0) is 55.6 Å². The molecule has 2 unspecified atom stereocenters. The second-order valence-corrected chi connectivity index (χ2v) is 7.34. The highest BCUT2D eigenvalue weighted by Crippen LogP contribution is 2.65. The van der Waals surface area contributed by atoms with E-state index in [1.807, 2.05) is 6.07 Å². The van der Waals surface area contributed by atoms with Crippen molar-refractivity contribution < 1.29 is 14.6 Å². The number of hydrogen-bond donors (Lipinski definition) is 1. The maximum Gasteiger partial charge on any atom is 0.165 e. The average Bonchev–Trinajstić information content (AvgIpc) is 2.83. The third-order valence-electron chi connectivity index (χ3n) is 6.72. The minimum atomic E-state index is 0.103. The number of aromatic hydroxyl groups is 1. The monoisotopic (exact) mass is 286 g/mol. The molecule has 2 bridgehead atoms. The molecule has 1 N–H and O–H groups in total. The third kappa shape index (κ3) is 1.30. The van der Waals surface area contributed by atoms with Crippen LogP contribution in [0.4, 0.5) is 0 Å². The lowest BCUT2D eigenvalue weighted by molar-refractivity contribution is -0.100. The number of methoxy groups -OCH3 is 1. The van der Waals surface area contributed by atoms with Crippen molar-refractivity contribution in [1.82, 2.24) is 0 Å². The molecule has 3 nitrogen and oxygen atoms in total. The summed E-state index contributed by atoms with van der Waals surface area (Å²) >= 11 is 0. The topological polar surface area (TPSA) is 38.7 Å². The standard InChI is InChI=1S/C18H22O3/c1-20-14-7-5-12-10-3-2-8-18(12)15-11(9-10)4-6-13(19)16(15)21-17(14)18/h4,6,10,12,14,17,19H,2-3,5,7-9H2,1H3/t10-,12?,14?,17+,18+/m1/s1. The maximum atomic E-state index is 10.3. The van der Waals surface area contributed by atoms with Crippen LogP contribution in [0.3, 0.4) is 0 Å². The Kier molecular flexibility index (Phi) is 2.32. The molecule has 5 rings (SSSR count). The Morgan fingerprint density at radius 3 is 3.05 bits per heavy atom. The molecule has 1 aromatic carbocycles. The molecule has 2 fully saturated rings. The Balaban J connectivity index is 1.79. The molecular formula is C18H22O3. The van der Waals surface area contributed by atoms with Crippen LogP contribution in [0.5, 0.6) is 11.5 Å². The summed E-state index contributed by atoms with van der Waals surface area (Å²) in [6.45, 7) is 0. The number of ether oxygens (including phenoxy) is 2. The highest BCUT2D eigenvalue weighted by molar-refractivity contribution is 5.60. The van der Waals surface area contributed by atoms with E-state index in [9.17, 15) is 5.11 Å². The van der Waals surface area contributed by atoms with E-state index in [0.29, 0.717) is 5.75 Å². The molecule has 0 aromatic heterocycles. The summed E-state index contributed by atoms with van der Waals surface area (Å²) in [6.07, 6.45) is 7.61. The fourth-order valence-corrected chi connectivity index (χ4v) is 6.08. The molecule has 4 aliphatic rings. The summed E-state index contributed by atoms with van der Waals surface area (Å²) in [5, 5.41) is 10.3. The van der Waals surface area contributed by atoms with Crippen LogP contribution in [-0.2, 0) is 16.6 Å². The zero-order chi connectivity index (χ0) is 14.2. The molecule has 1 aliphatic heterocycles. The van der Waals surface area contributed by atoms with E-state index in [-0.39, 0.29) is 17.6 Å². The molecule has 1 spiro atoms. The van der Waals surface area contributed by atoms with Crippen molar-refractivity contribution in [3.05, 3.63) is 23.3 Å². The summed E-state index contributed by atoms with van der Waals surface area (Å²) < 4.78 is 12.1. The van der Waals surface area contributed by atoms with E-state index in [1.165, 1.54) is 43.2 Å². The van der Waals surface area contributed by atoms with Gasteiger partial charge in [-0.15, -0.1) is 0 Å². The quantitative estimate of drug-likeness (QED) is 0.862. The average molecular weight is 286 g/mol. The first kappa shape index (κ1) is 12.3. The van der Waals surface area contributed by atoms with Gasteiger partial charge in [0.25, 0.3) is 0 Å². The molecule has 3 heteroatoms. The van der Waals surface area contributed by atoms with Crippen molar-refractivity contribution in [3.63, 3.8) is 0 Å². The van der Waals surface area contributed by atoms with E-state index >= 15 is 0 Å². The molecule has 5 atom stereocenters.